The van der Waals surface area contributed by atoms with Gasteiger partial charge in [0, 0.05) is 30.4 Å². The van der Waals surface area contributed by atoms with Crippen LogP contribution in [-0.2, 0) is 26.0 Å². The van der Waals surface area contributed by atoms with E-state index in [0.29, 0.717) is 4.88 Å². The summed E-state index contributed by atoms with van der Waals surface area (Å²) in [5, 5.41) is 5.75. The van der Waals surface area contributed by atoms with Gasteiger partial charge in [0.05, 0.1) is 4.90 Å². The Balaban J connectivity index is 1.69. The summed E-state index contributed by atoms with van der Waals surface area (Å²) in [6.45, 7) is 1.83. The maximum absolute atomic E-state index is 13.2. The number of aryl methyl sites for hydroxylation is 1. The molecule has 2 N–H and O–H groups in total. The summed E-state index contributed by atoms with van der Waals surface area (Å²) in [5.41, 5.74) is 1.74. The molecule has 1 atom stereocenters. The average molecular weight is 444 g/mol. The van der Waals surface area contributed by atoms with Crippen LogP contribution in [-0.4, -0.2) is 31.8 Å². The third-order valence-corrected chi connectivity index (χ3v) is 7.68. The Hall–Kier alpha value is -3.04. The molecule has 0 aliphatic carbocycles. The first-order chi connectivity index (χ1) is 14.4. The largest absolute Gasteiger partial charge is 0.346 e. The van der Waals surface area contributed by atoms with Gasteiger partial charge in [-0.2, -0.15) is 0 Å². The number of carbonyl (C=O) groups excluding carboxylic acids is 2. The Kier molecular flexibility index (Phi) is 6.96. The third kappa shape index (κ3) is 5.31. The van der Waals surface area contributed by atoms with E-state index in [0.717, 1.165) is 11.1 Å². The lowest BCUT2D eigenvalue weighted by atomic mass is 10.2. The third-order valence-electron chi connectivity index (χ3n) is 4.44. The Labute approximate surface area is 179 Å². The van der Waals surface area contributed by atoms with Crippen molar-refractivity contribution in [1.82, 2.24) is 15.6 Å². The molecular weight excluding hydrogens is 422 g/mol. The van der Waals surface area contributed by atoms with Crippen LogP contribution in [0.1, 0.15) is 21.3 Å². The van der Waals surface area contributed by atoms with E-state index in [1.807, 2.05) is 6.92 Å². The zero-order chi connectivity index (χ0) is 21.6. The minimum Gasteiger partial charge on any atom is -0.346 e. The van der Waals surface area contributed by atoms with E-state index in [-0.39, 0.29) is 18.0 Å². The molecular formula is C21H21N3O4S2. The fourth-order valence-electron chi connectivity index (χ4n) is 2.76. The maximum Gasteiger partial charge on any atom is 0.309 e. The molecule has 2 heterocycles. The molecule has 0 radical (unpaired) electrons. The van der Waals surface area contributed by atoms with Crippen molar-refractivity contribution in [1.29, 1.82) is 0 Å². The number of aromatic nitrogens is 1. The lowest BCUT2D eigenvalue weighted by Crippen LogP contribution is -2.42. The van der Waals surface area contributed by atoms with E-state index in [2.05, 4.69) is 15.6 Å². The number of benzene rings is 1. The van der Waals surface area contributed by atoms with Crippen molar-refractivity contribution in [3.05, 3.63) is 82.3 Å². The molecule has 3 rings (SSSR count). The Morgan fingerprint density at radius 1 is 1.00 bits per heavy atom. The monoisotopic (exact) mass is 443 g/mol. The smallest absolute Gasteiger partial charge is 0.309 e. The number of thiophene rings is 1. The number of nitrogens with zero attached hydrogens (tertiary/aromatic N) is 1. The average Bonchev–Trinajstić information content (AvgIpc) is 3.27. The minimum atomic E-state index is -3.76. The van der Waals surface area contributed by atoms with Crippen LogP contribution in [0.4, 0.5) is 0 Å². The van der Waals surface area contributed by atoms with Crippen molar-refractivity contribution in [2.75, 3.05) is 6.54 Å². The van der Waals surface area contributed by atoms with Gasteiger partial charge in [-0.25, -0.2) is 8.42 Å². The molecule has 7 nitrogen and oxygen atoms in total. The highest BCUT2D eigenvalue weighted by Crippen LogP contribution is 2.31. The van der Waals surface area contributed by atoms with E-state index in [9.17, 15) is 18.0 Å². The standard InChI is InChI=1S/C21H21N3O4S2/c1-15-4-6-17(7-5-15)30(27,28)19(18-3-2-12-29-18)14-24-21(26)20(25)23-13-16-8-10-22-11-9-16/h2-12,19H,13-14H2,1H3,(H,23,25)(H,24,26)/t19-/m0/s1. The molecule has 3 aromatic rings. The van der Waals surface area contributed by atoms with Crippen LogP contribution in [0.2, 0.25) is 0 Å². The van der Waals surface area contributed by atoms with Crippen LogP contribution in [0.3, 0.4) is 0 Å². The number of sulfone groups is 1. The first-order valence-electron chi connectivity index (χ1n) is 9.17. The van der Waals surface area contributed by atoms with E-state index >= 15 is 0 Å². The highest BCUT2D eigenvalue weighted by molar-refractivity contribution is 7.91. The number of amides is 2. The number of rotatable bonds is 7. The predicted octanol–water partition coefficient (Wildman–Crippen LogP) is 2.40. The quantitative estimate of drug-likeness (QED) is 0.546. The molecule has 30 heavy (non-hydrogen) atoms. The first kappa shape index (κ1) is 21.7. The molecule has 0 saturated heterocycles. The van der Waals surface area contributed by atoms with Crippen molar-refractivity contribution in [3.63, 3.8) is 0 Å². The fraction of sp³-hybridized carbons (Fsp3) is 0.190. The van der Waals surface area contributed by atoms with E-state index < -0.39 is 26.9 Å². The number of hydrogen-bond acceptors (Lipinski definition) is 6. The van der Waals surface area contributed by atoms with Gasteiger partial charge in [0.25, 0.3) is 0 Å². The second-order valence-corrected chi connectivity index (χ2v) is 9.72. The maximum atomic E-state index is 13.2. The van der Waals surface area contributed by atoms with Gasteiger partial charge in [-0.05, 0) is 48.2 Å². The molecule has 2 aromatic heterocycles. The number of pyridine rings is 1. The van der Waals surface area contributed by atoms with Crippen molar-refractivity contribution in [2.45, 2.75) is 23.6 Å². The highest BCUT2D eigenvalue weighted by Gasteiger charge is 2.31. The lowest BCUT2D eigenvalue weighted by molar-refractivity contribution is -0.139. The summed E-state index contributed by atoms with van der Waals surface area (Å²) >= 11 is 1.29. The zero-order valence-corrected chi connectivity index (χ0v) is 17.9. The minimum absolute atomic E-state index is 0.169. The summed E-state index contributed by atoms with van der Waals surface area (Å²) < 4.78 is 26.4. The number of nitrogens with one attached hydrogen (secondary N) is 2. The van der Waals surface area contributed by atoms with Crippen LogP contribution < -0.4 is 10.6 Å². The lowest BCUT2D eigenvalue weighted by Gasteiger charge is -2.17. The molecule has 0 bridgehead atoms. The normalized spacial score (nSPS) is 12.2. The van der Waals surface area contributed by atoms with Gasteiger partial charge in [-0.3, -0.25) is 14.6 Å². The number of hydrogen-bond donors (Lipinski definition) is 2. The molecule has 0 saturated carbocycles. The van der Waals surface area contributed by atoms with Gasteiger partial charge < -0.3 is 10.6 Å². The first-order valence-corrected chi connectivity index (χ1v) is 11.6. The summed E-state index contributed by atoms with van der Waals surface area (Å²) in [6.07, 6.45) is 3.17. The summed E-state index contributed by atoms with van der Waals surface area (Å²) in [7, 11) is -3.76. The van der Waals surface area contributed by atoms with E-state index in [1.165, 1.54) is 11.3 Å². The van der Waals surface area contributed by atoms with Crippen LogP contribution in [0.5, 0.6) is 0 Å². The molecule has 0 aliphatic rings. The van der Waals surface area contributed by atoms with Crippen molar-refractivity contribution < 1.29 is 18.0 Å². The van der Waals surface area contributed by atoms with Gasteiger partial charge in [-0.1, -0.05) is 23.8 Å². The van der Waals surface area contributed by atoms with Crippen molar-refractivity contribution in [2.24, 2.45) is 0 Å². The summed E-state index contributed by atoms with van der Waals surface area (Å²) in [5.74, 6) is -1.71. The Bertz CT molecular complexity index is 1100. The fourth-order valence-corrected chi connectivity index (χ4v) is 5.54. The number of carbonyl (C=O) groups is 2. The SMILES string of the molecule is Cc1ccc(S(=O)(=O)[C@@H](CNC(=O)C(=O)NCc2ccncc2)c2cccs2)cc1. The molecule has 1 aromatic carbocycles. The predicted molar refractivity (Wildman–Crippen MR) is 115 cm³/mol. The van der Waals surface area contributed by atoms with Crippen LogP contribution in [0.25, 0.3) is 0 Å². The summed E-state index contributed by atoms with van der Waals surface area (Å²) in [4.78, 5) is 29.0. The van der Waals surface area contributed by atoms with E-state index in [4.69, 9.17) is 0 Å². The van der Waals surface area contributed by atoms with Crippen LogP contribution in [0, 0.1) is 6.92 Å². The topological polar surface area (TPSA) is 105 Å². The zero-order valence-electron chi connectivity index (χ0n) is 16.2. The van der Waals surface area contributed by atoms with Crippen molar-refractivity contribution in [3.8, 4) is 0 Å². The Morgan fingerprint density at radius 2 is 1.67 bits per heavy atom. The molecule has 0 spiro atoms. The highest BCUT2D eigenvalue weighted by atomic mass is 32.2. The van der Waals surface area contributed by atoms with Gasteiger partial charge in [0.2, 0.25) is 0 Å². The molecule has 9 heteroatoms. The summed E-state index contributed by atoms with van der Waals surface area (Å²) in [6, 6.07) is 13.5. The second-order valence-electron chi connectivity index (χ2n) is 6.61. The van der Waals surface area contributed by atoms with Gasteiger partial charge >= 0.3 is 11.8 Å². The molecule has 0 unspecified atom stereocenters. The molecule has 2 amide bonds. The van der Waals surface area contributed by atoms with Crippen molar-refractivity contribution >= 4 is 33.0 Å². The second kappa shape index (κ2) is 9.64. The molecule has 0 aliphatic heterocycles. The van der Waals surface area contributed by atoms with Crippen LogP contribution in [0.15, 0.2) is 71.2 Å². The van der Waals surface area contributed by atoms with Crippen LogP contribution >= 0.6 is 11.3 Å². The van der Waals surface area contributed by atoms with Gasteiger partial charge in [0.1, 0.15) is 5.25 Å². The molecule has 156 valence electrons. The van der Waals surface area contributed by atoms with Gasteiger partial charge in [0.15, 0.2) is 9.84 Å². The van der Waals surface area contributed by atoms with E-state index in [1.54, 1.807) is 66.3 Å². The molecule has 0 fully saturated rings. The Morgan fingerprint density at radius 3 is 2.30 bits per heavy atom. The van der Waals surface area contributed by atoms with Gasteiger partial charge in [-0.15, -0.1) is 11.3 Å².